The van der Waals surface area contributed by atoms with Gasteiger partial charge in [0.1, 0.15) is 11.6 Å². The minimum atomic E-state index is -0.232. The van der Waals surface area contributed by atoms with Crippen molar-refractivity contribution in [1.82, 2.24) is 29.5 Å². The van der Waals surface area contributed by atoms with Crippen LogP contribution in [0.15, 0.2) is 36.7 Å². The van der Waals surface area contributed by atoms with E-state index in [1.54, 1.807) is 42.3 Å². The van der Waals surface area contributed by atoms with E-state index < -0.39 is 0 Å². The third kappa shape index (κ3) is 3.66. The Morgan fingerprint density at radius 1 is 1.20 bits per heavy atom. The summed E-state index contributed by atoms with van der Waals surface area (Å²) in [5, 5.41) is 15.4. The van der Waals surface area contributed by atoms with Crippen molar-refractivity contribution in [2.75, 3.05) is 16.4 Å². The Bertz CT molecular complexity index is 1220. The topological polar surface area (TPSA) is 129 Å². The number of nitrogens with two attached hydrogens (primary N) is 1. The van der Waals surface area contributed by atoms with Crippen LogP contribution in [-0.4, -0.2) is 35.4 Å². The van der Waals surface area contributed by atoms with E-state index in [0.717, 1.165) is 29.6 Å². The number of aryl methyl sites for hydroxylation is 3. The monoisotopic (exact) mass is 405 g/mol. The molecule has 0 saturated heterocycles. The van der Waals surface area contributed by atoms with Gasteiger partial charge in [-0.25, -0.2) is 4.68 Å². The maximum absolute atomic E-state index is 12.7. The first-order valence-electron chi connectivity index (χ1n) is 9.62. The van der Waals surface area contributed by atoms with Crippen molar-refractivity contribution in [1.29, 1.82) is 0 Å². The molecule has 0 bridgehead atoms. The van der Waals surface area contributed by atoms with E-state index in [0.29, 0.717) is 22.8 Å². The van der Waals surface area contributed by atoms with Crippen molar-refractivity contribution in [3.05, 3.63) is 47.8 Å². The number of hydrogen-bond acceptors (Lipinski definition) is 7. The lowest BCUT2D eigenvalue weighted by atomic mass is 10.1. The molecule has 0 unspecified atom stereocenters. The molecule has 1 amide bonds. The fourth-order valence-corrected chi connectivity index (χ4v) is 3.15. The second kappa shape index (κ2) is 7.82. The summed E-state index contributed by atoms with van der Waals surface area (Å²) in [4.78, 5) is 21.4. The van der Waals surface area contributed by atoms with E-state index >= 15 is 0 Å². The van der Waals surface area contributed by atoms with Crippen LogP contribution < -0.4 is 16.4 Å². The Hall–Kier alpha value is -3.95. The number of benzene rings is 1. The fourth-order valence-electron chi connectivity index (χ4n) is 3.15. The van der Waals surface area contributed by atoms with Crippen molar-refractivity contribution in [3.63, 3.8) is 0 Å². The van der Waals surface area contributed by atoms with Gasteiger partial charge in [-0.15, -0.1) is 0 Å². The van der Waals surface area contributed by atoms with Gasteiger partial charge in [-0.1, -0.05) is 13.0 Å². The average molecular weight is 405 g/mol. The second-order valence-corrected chi connectivity index (χ2v) is 6.98. The zero-order valence-electron chi connectivity index (χ0n) is 17.0. The SMILES string of the molecule is CCCn1ncc2c(Nc3cc(C(=O)Nc4ccnn4C)ccc3C)nc(N)nc21. The molecule has 4 rings (SSSR count). The van der Waals surface area contributed by atoms with Gasteiger partial charge in [0.05, 0.1) is 17.8 Å². The summed E-state index contributed by atoms with van der Waals surface area (Å²) in [6, 6.07) is 7.17. The molecule has 3 aromatic heterocycles. The number of nitrogens with zero attached hydrogens (tertiary/aromatic N) is 6. The van der Waals surface area contributed by atoms with E-state index in [4.69, 9.17) is 5.73 Å². The van der Waals surface area contributed by atoms with Gasteiger partial charge in [0.2, 0.25) is 5.95 Å². The lowest BCUT2D eigenvalue weighted by Gasteiger charge is -2.12. The summed E-state index contributed by atoms with van der Waals surface area (Å²) in [6.45, 7) is 4.76. The van der Waals surface area contributed by atoms with Crippen molar-refractivity contribution in [3.8, 4) is 0 Å². The zero-order valence-corrected chi connectivity index (χ0v) is 17.0. The summed E-state index contributed by atoms with van der Waals surface area (Å²) < 4.78 is 3.41. The molecule has 3 heterocycles. The number of carbonyl (C=O) groups is 1. The quantitative estimate of drug-likeness (QED) is 0.450. The molecule has 4 N–H and O–H groups in total. The molecule has 0 spiro atoms. The normalized spacial score (nSPS) is 11.0. The molecule has 0 fully saturated rings. The zero-order chi connectivity index (χ0) is 21.3. The van der Waals surface area contributed by atoms with Crippen LogP contribution in [0.25, 0.3) is 11.0 Å². The molecule has 0 atom stereocenters. The maximum Gasteiger partial charge on any atom is 0.256 e. The van der Waals surface area contributed by atoms with E-state index in [2.05, 4.69) is 37.7 Å². The van der Waals surface area contributed by atoms with Crippen molar-refractivity contribution in [2.45, 2.75) is 26.8 Å². The van der Waals surface area contributed by atoms with E-state index in [9.17, 15) is 4.79 Å². The summed E-state index contributed by atoms with van der Waals surface area (Å²) in [7, 11) is 1.77. The van der Waals surface area contributed by atoms with Gasteiger partial charge in [-0.2, -0.15) is 20.2 Å². The van der Waals surface area contributed by atoms with Crippen LogP contribution in [-0.2, 0) is 13.6 Å². The number of anilines is 4. The van der Waals surface area contributed by atoms with Gasteiger partial charge in [0, 0.05) is 30.9 Å². The number of nitrogen functional groups attached to an aromatic ring is 1. The molecule has 10 heteroatoms. The lowest BCUT2D eigenvalue weighted by Crippen LogP contribution is -2.15. The summed E-state index contributed by atoms with van der Waals surface area (Å²) in [5.41, 5.74) is 8.81. The van der Waals surface area contributed by atoms with Gasteiger partial charge in [-0.3, -0.25) is 9.48 Å². The number of carbonyl (C=O) groups excluding carboxylic acids is 1. The van der Waals surface area contributed by atoms with Gasteiger partial charge in [-0.05, 0) is 31.0 Å². The van der Waals surface area contributed by atoms with Crippen LogP contribution >= 0.6 is 0 Å². The van der Waals surface area contributed by atoms with Crippen molar-refractivity contribution in [2.24, 2.45) is 7.05 Å². The van der Waals surface area contributed by atoms with E-state index in [1.807, 2.05) is 17.7 Å². The van der Waals surface area contributed by atoms with Crippen LogP contribution in [0.2, 0.25) is 0 Å². The lowest BCUT2D eigenvalue weighted by molar-refractivity contribution is 0.102. The van der Waals surface area contributed by atoms with Crippen molar-refractivity contribution < 1.29 is 4.79 Å². The molecule has 0 aliphatic rings. The number of aromatic nitrogens is 6. The van der Waals surface area contributed by atoms with Crippen LogP contribution in [0, 0.1) is 6.92 Å². The third-order valence-corrected chi connectivity index (χ3v) is 4.76. The third-order valence-electron chi connectivity index (χ3n) is 4.76. The number of rotatable bonds is 6. The number of amides is 1. The van der Waals surface area contributed by atoms with Crippen LogP contribution in [0.1, 0.15) is 29.3 Å². The van der Waals surface area contributed by atoms with Crippen molar-refractivity contribution >= 4 is 40.2 Å². The van der Waals surface area contributed by atoms with Crippen LogP contribution in [0.4, 0.5) is 23.3 Å². The molecule has 10 nitrogen and oxygen atoms in total. The number of fused-ring (bicyclic) bond motifs is 1. The van der Waals surface area contributed by atoms with Gasteiger partial charge in [0.15, 0.2) is 5.65 Å². The molecule has 154 valence electrons. The number of nitrogens with one attached hydrogen (secondary N) is 2. The Labute approximate surface area is 173 Å². The maximum atomic E-state index is 12.7. The molecule has 1 aromatic carbocycles. The standard InChI is InChI=1S/C20H23N9O/c1-4-9-29-18-14(11-23-29)17(26-20(21)27-18)24-15-10-13(6-5-12(15)2)19(30)25-16-7-8-22-28(16)3/h5-8,10-11H,4,9H2,1-3H3,(H,25,30)(H3,21,24,26,27). The average Bonchev–Trinajstić information content (AvgIpc) is 3.30. The van der Waals surface area contributed by atoms with Crippen LogP contribution in [0.3, 0.4) is 0 Å². The molecular weight excluding hydrogens is 382 g/mol. The Morgan fingerprint density at radius 3 is 2.77 bits per heavy atom. The van der Waals surface area contributed by atoms with Crippen LogP contribution in [0.5, 0.6) is 0 Å². The first-order valence-corrected chi connectivity index (χ1v) is 9.62. The highest BCUT2D eigenvalue weighted by Crippen LogP contribution is 2.27. The van der Waals surface area contributed by atoms with E-state index in [1.165, 1.54) is 0 Å². The highest BCUT2D eigenvalue weighted by Gasteiger charge is 2.15. The minimum absolute atomic E-state index is 0.158. The minimum Gasteiger partial charge on any atom is -0.368 e. The van der Waals surface area contributed by atoms with Gasteiger partial charge in [0.25, 0.3) is 5.91 Å². The molecular formula is C20H23N9O. The molecule has 0 saturated carbocycles. The smallest absolute Gasteiger partial charge is 0.256 e. The second-order valence-electron chi connectivity index (χ2n) is 6.98. The Balaban J connectivity index is 1.66. The molecule has 4 aromatic rings. The summed E-state index contributed by atoms with van der Waals surface area (Å²) >= 11 is 0. The van der Waals surface area contributed by atoms with Gasteiger partial charge < -0.3 is 16.4 Å². The molecule has 30 heavy (non-hydrogen) atoms. The first kappa shape index (κ1) is 19.4. The molecule has 0 aliphatic carbocycles. The summed E-state index contributed by atoms with van der Waals surface area (Å²) in [5.74, 6) is 1.09. The van der Waals surface area contributed by atoms with Gasteiger partial charge >= 0.3 is 0 Å². The number of hydrogen-bond donors (Lipinski definition) is 3. The predicted octanol–water partition coefficient (Wildman–Crippen LogP) is 2.86. The summed E-state index contributed by atoms with van der Waals surface area (Å²) in [6.07, 6.45) is 4.28. The Kier molecular flexibility index (Phi) is 5.05. The highest BCUT2D eigenvalue weighted by atomic mass is 16.1. The highest BCUT2D eigenvalue weighted by molar-refractivity contribution is 6.04. The van der Waals surface area contributed by atoms with E-state index in [-0.39, 0.29) is 11.9 Å². The Morgan fingerprint density at radius 2 is 2.03 bits per heavy atom. The molecule has 0 radical (unpaired) electrons. The molecule has 0 aliphatic heterocycles. The largest absolute Gasteiger partial charge is 0.368 e. The predicted molar refractivity (Wildman–Crippen MR) is 116 cm³/mol. The first-order chi connectivity index (χ1) is 14.5. The fraction of sp³-hybridized carbons (Fsp3) is 0.250.